The summed E-state index contributed by atoms with van der Waals surface area (Å²) in [4.78, 5) is 1.93. The van der Waals surface area contributed by atoms with E-state index >= 15 is 0 Å². The molecule has 0 fully saturated rings. The number of aromatic nitrogens is 2. The number of methoxy groups -OCH3 is 1. The van der Waals surface area contributed by atoms with E-state index in [9.17, 15) is 5.26 Å². The predicted octanol–water partition coefficient (Wildman–Crippen LogP) is 2.38. The molecule has 0 radical (unpaired) electrons. The predicted molar refractivity (Wildman–Crippen MR) is 73.7 cm³/mol. The van der Waals surface area contributed by atoms with Crippen molar-refractivity contribution in [3.8, 4) is 11.8 Å². The summed E-state index contributed by atoms with van der Waals surface area (Å²) in [5.74, 6) is 1.55. The fourth-order valence-corrected chi connectivity index (χ4v) is 2.10. The first-order chi connectivity index (χ1) is 9.08. The molecule has 5 nitrogen and oxygen atoms in total. The topological polar surface area (TPSA) is 54.1 Å². The van der Waals surface area contributed by atoms with E-state index in [4.69, 9.17) is 4.74 Å². The Morgan fingerprint density at radius 2 is 2.16 bits per heavy atom. The molecule has 2 aromatic rings. The van der Waals surface area contributed by atoms with Crippen LogP contribution in [0.2, 0.25) is 0 Å². The van der Waals surface area contributed by atoms with Crippen molar-refractivity contribution in [3.63, 3.8) is 0 Å². The van der Waals surface area contributed by atoms with Gasteiger partial charge in [0, 0.05) is 25.8 Å². The second-order valence-corrected chi connectivity index (χ2v) is 4.28. The van der Waals surface area contributed by atoms with Gasteiger partial charge in [-0.2, -0.15) is 10.4 Å². The fourth-order valence-electron chi connectivity index (χ4n) is 2.10. The summed E-state index contributed by atoms with van der Waals surface area (Å²) in [7, 11) is 5.37. The molecule has 19 heavy (non-hydrogen) atoms. The Balaban J connectivity index is 2.50. The Morgan fingerprint density at radius 1 is 1.42 bits per heavy atom. The molecule has 0 unspecified atom stereocenters. The quantitative estimate of drug-likeness (QED) is 0.846. The zero-order chi connectivity index (χ0) is 14.0. The van der Waals surface area contributed by atoms with E-state index in [0.717, 1.165) is 22.9 Å². The van der Waals surface area contributed by atoms with Crippen LogP contribution >= 0.6 is 0 Å². The number of rotatable bonds is 3. The normalized spacial score (nSPS) is 10.1. The SMILES string of the molecule is COc1cccc(N(C)c2c(C#N)c(C)nn2C)c1. The van der Waals surface area contributed by atoms with E-state index in [-0.39, 0.29) is 0 Å². The van der Waals surface area contributed by atoms with Crippen LogP contribution in [0.3, 0.4) is 0 Å². The lowest BCUT2D eigenvalue weighted by molar-refractivity contribution is 0.415. The second-order valence-electron chi connectivity index (χ2n) is 4.28. The average molecular weight is 256 g/mol. The molecule has 5 heteroatoms. The molecule has 1 aromatic heterocycles. The first-order valence-electron chi connectivity index (χ1n) is 5.90. The minimum absolute atomic E-state index is 0.591. The van der Waals surface area contributed by atoms with E-state index in [1.54, 1.807) is 11.8 Å². The third-order valence-electron chi connectivity index (χ3n) is 3.06. The first kappa shape index (κ1) is 13.0. The van der Waals surface area contributed by atoms with Crippen LogP contribution in [-0.4, -0.2) is 23.9 Å². The van der Waals surface area contributed by atoms with Gasteiger partial charge < -0.3 is 9.64 Å². The maximum Gasteiger partial charge on any atom is 0.149 e. The van der Waals surface area contributed by atoms with Crippen molar-refractivity contribution in [1.29, 1.82) is 5.26 Å². The summed E-state index contributed by atoms with van der Waals surface area (Å²) < 4.78 is 6.93. The summed E-state index contributed by atoms with van der Waals surface area (Å²) in [6.07, 6.45) is 0. The lowest BCUT2D eigenvalue weighted by Gasteiger charge is -2.20. The number of ether oxygens (including phenoxy) is 1. The van der Waals surface area contributed by atoms with Gasteiger partial charge in [0.25, 0.3) is 0 Å². The summed E-state index contributed by atoms with van der Waals surface area (Å²) in [6, 6.07) is 9.89. The Labute approximate surface area is 112 Å². The maximum atomic E-state index is 9.25. The molecule has 2 rings (SSSR count). The van der Waals surface area contributed by atoms with Crippen LogP contribution in [0.1, 0.15) is 11.3 Å². The van der Waals surface area contributed by atoms with E-state index < -0.39 is 0 Å². The highest BCUT2D eigenvalue weighted by molar-refractivity contribution is 5.67. The van der Waals surface area contributed by atoms with Crippen LogP contribution in [0, 0.1) is 18.3 Å². The highest BCUT2D eigenvalue weighted by atomic mass is 16.5. The van der Waals surface area contributed by atoms with Gasteiger partial charge in [-0.15, -0.1) is 0 Å². The van der Waals surface area contributed by atoms with Crippen molar-refractivity contribution in [2.45, 2.75) is 6.92 Å². The van der Waals surface area contributed by atoms with Crippen LogP contribution in [0.4, 0.5) is 11.5 Å². The highest BCUT2D eigenvalue weighted by Gasteiger charge is 2.18. The zero-order valence-electron chi connectivity index (χ0n) is 11.5. The van der Waals surface area contributed by atoms with Gasteiger partial charge in [0.1, 0.15) is 23.2 Å². The molecule has 0 atom stereocenters. The number of hydrogen-bond donors (Lipinski definition) is 0. The molecule has 0 aliphatic heterocycles. The van der Waals surface area contributed by atoms with Crippen LogP contribution in [0.25, 0.3) is 0 Å². The summed E-state index contributed by atoms with van der Waals surface area (Å²) in [5, 5.41) is 13.5. The number of anilines is 2. The third-order valence-corrected chi connectivity index (χ3v) is 3.06. The number of aryl methyl sites for hydroxylation is 2. The Kier molecular flexibility index (Phi) is 3.43. The average Bonchev–Trinajstić information content (AvgIpc) is 2.71. The van der Waals surface area contributed by atoms with Gasteiger partial charge in [-0.3, -0.25) is 4.68 Å². The molecular weight excluding hydrogens is 240 g/mol. The fraction of sp³-hybridized carbons (Fsp3) is 0.286. The van der Waals surface area contributed by atoms with Crippen LogP contribution in [0.15, 0.2) is 24.3 Å². The lowest BCUT2D eigenvalue weighted by atomic mass is 10.2. The zero-order valence-corrected chi connectivity index (χ0v) is 11.5. The molecule has 0 bridgehead atoms. The Bertz CT molecular complexity index is 639. The minimum atomic E-state index is 0.591. The van der Waals surface area contributed by atoms with Crippen molar-refractivity contribution in [2.24, 2.45) is 7.05 Å². The number of benzene rings is 1. The molecule has 0 N–H and O–H groups in total. The first-order valence-corrected chi connectivity index (χ1v) is 5.90. The molecule has 0 saturated heterocycles. The number of nitrogens with zero attached hydrogens (tertiary/aromatic N) is 4. The number of nitriles is 1. The van der Waals surface area contributed by atoms with Gasteiger partial charge in [0.15, 0.2) is 0 Å². The maximum absolute atomic E-state index is 9.25. The van der Waals surface area contributed by atoms with E-state index in [2.05, 4.69) is 11.2 Å². The largest absolute Gasteiger partial charge is 0.497 e. The molecule has 0 aliphatic rings. The van der Waals surface area contributed by atoms with Gasteiger partial charge in [0.05, 0.1) is 12.8 Å². The Morgan fingerprint density at radius 3 is 2.79 bits per heavy atom. The van der Waals surface area contributed by atoms with Crippen LogP contribution in [0.5, 0.6) is 5.75 Å². The van der Waals surface area contributed by atoms with Crippen LogP contribution < -0.4 is 9.64 Å². The lowest BCUT2D eigenvalue weighted by Crippen LogP contribution is -2.14. The monoisotopic (exact) mass is 256 g/mol. The minimum Gasteiger partial charge on any atom is -0.497 e. The summed E-state index contributed by atoms with van der Waals surface area (Å²) in [5.41, 5.74) is 2.27. The van der Waals surface area contributed by atoms with Crippen molar-refractivity contribution < 1.29 is 4.74 Å². The van der Waals surface area contributed by atoms with Crippen molar-refractivity contribution in [1.82, 2.24) is 9.78 Å². The third kappa shape index (κ3) is 2.25. The molecule has 1 heterocycles. The van der Waals surface area contributed by atoms with Crippen molar-refractivity contribution in [3.05, 3.63) is 35.5 Å². The second kappa shape index (κ2) is 5.02. The summed E-state index contributed by atoms with van der Waals surface area (Å²) in [6.45, 7) is 1.83. The van der Waals surface area contributed by atoms with Gasteiger partial charge in [0.2, 0.25) is 0 Å². The van der Waals surface area contributed by atoms with Gasteiger partial charge in [-0.05, 0) is 19.1 Å². The van der Waals surface area contributed by atoms with Gasteiger partial charge in [-0.25, -0.2) is 0 Å². The molecule has 0 spiro atoms. The molecule has 0 aliphatic carbocycles. The molecule has 0 saturated carbocycles. The van der Waals surface area contributed by atoms with Crippen LogP contribution in [-0.2, 0) is 7.05 Å². The molecule has 0 amide bonds. The van der Waals surface area contributed by atoms with Crippen molar-refractivity contribution >= 4 is 11.5 Å². The standard InChI is InChI=1S/C14H16N4O/c1-10-13(9-15)14(18(3)16-10)17(2)11-6-5-7-12(8-11)19-4/h5-8H,1-4H3. The van der Waals surface area contributed by atoms with E-state index in [1.807, 2.05) is 50.2 Å². The summed E-state index contributed by atoms with van der Waals surface area (Å²) >= 11 is 0. The Hall–Kier alpha value is -2.48. The molecule has 98 valence electrons. The number of hydrogen-bond acceptors (Lipinski definition) is 4. The smallest absolute Gasteiger partial charge is 0.149 e. The molecule has 1 aromatic carbocycles. The van der Waals surface area contributed by atoms with Crippen molar-refractivity contribution in [2.75, 3.05) is 19.1 Å². The van der Waals surface area contributed by atoms with E-state index in [1.165, 1.54) is 0 Å². The molecular formula is C14H16N4O. The van der Waals surface area contributed by atoms with Gasteiger partial charge >= 0.3 is 0 Å². The highest BCUT2D eigenvalue weighted by Crippen LogP contribution is 2.29. The van der Waals surface area contributed by atoms with E-state index in [0.29, 0.717) is 5.56 Å². The van der Waals surface area contributed by atoms with Gasteiger partial charge in [-0.1, -0.05) is 6.07 Å².